The van der Waals surface area contributed by atoms with Crippen LogP contribution in [-0.4, -0.2) is 32.8 Å². The van der Waals surface area contributed by atoms with E-state index in [1.165, 1.54) is 5.56 Å². The van der Waals surface area contributed by atoms with Gasteiger partial charge in [-0.3, -0.25) is 9.59 Å². The highest BCUT2D eigenvalue weighted by Crippen LogP contribution is 2.33. The van der Waals surface area contributed by atoms with E-state index in [1.807, 2.05) is 48.0 Å². The second-order valence-corrected chi connectivity index (χ2v) is 6.98. The number of carbonyl (C=O) groups is 2. The number of carbonyl (C=O) groups excluding carboxylic acids is 1. The molecule has 1 aliphatic rings. The Morgan fingerprint density at radius 2 is 1.93 bits per heavy atom. The molecule has 1 aromatic heterocycles. The number of nitrogens with zero attached hydrogens (tertiary/aromatic N) is 2. The lowest BCUT2D eigenvalue weighted by molar-refractivity contribution is -0.137. The summed E-state index contributed by atoms with van der Waals surface area (Å²) in [5.74, 6) is -0.753. The fourth-order valence-corrected chi connectivity index (χ4v) is 3.71. The monoisotopic (exact) mass is 367 g/mol. The minimum atomic E-state index is -0.870. The second-order valence-electron chi connectivity index (χ2n) is 6.98. The summed E-state index contributed by atoms with van der Waals surface area (Å²) in [5.41, 5.74) is 4.36. The van der Waals surface area contributed by atoms with E-state index >= 15 is 0 Å². The molecule has 0 saturated heterocycles. The minimum Gasteiger partial charge on any atom is -0.481 e. The first-order valence-electron chi connectivity index (χ1n) is 9.26. The number of aromatic nitrogens is 2. The van der Waals surface area contributed by atoms with Crippen LogP contribution in [0.3, 0.4) is 0 Å². The van der Waals surface area contributed by atoms with E-state index in [-0.39, 0.29) is 30.7 Å². The van der Waals surface area contributed by atoms with E-state index < -0.39 is 5.97 Å². The summed E-state index contributed by atoms with van der Waals surface area (Å²) in [6, 6.07) is 10.0. The zero-order valence-electron chi connectivity index (χ0n) is 15.7. The SMILES string of the molecule is Cc1nn(-c2ccccc2)c(C)c1C1C=CC(NC(=O)CCCC(=O)O)C1. The first kappa shape index (κ1) is 18.9. The van der Waals surface area contributed by atoms with Gasteiger partial charge >= 0.3 is 5.97 Å². The van der Waals surface area contributed by atoms with Crippen LogP contribution in [0.15, 0.2) is 42.5 Å². The van der Waals surface area contributed by atoms with Gasteiger partial charge in [-0.05, 0) is 38.8 Å². The normalized spacial score (nSPS) is 18.6. The van der Waals surface area contributed by atoms with Gasteiger partial charge in [0.15, 0.2) is 0 Å². The van der Waals surface area contributed by atoms with Crippen molar-refractivity contribution in [2.75, 3.05) is 0 Å². The molecular formula is C21H25N3O3. The Morgan fingerprint density at radius 3 is 2.63 bits per heavy atom. The highest BCUT2D eigenvalue weighted by molar-refractivity contribution is 5.77. The summed E-state index contributed by atoms with van der Waals surface area (Å²) in [7, 11) is 0. The van der Waals surface area contributed by atoms with Crippen LogP contribution in [0.5, 0.6) is 0 Å². The maximum Gasteiger partial charge on any atom is 0.303 e. The topological polar surface area (TPSA) is 84.2 Å². The molecule has 2 atom stereocenters. The van der Waals surface area contributed by atoms with Gasteiger partial charge in [0, 0.05) is 36.1 Å². The molecule has 27 heavy (non-hydrogen) atoms. The molecule has 0 radical (unpaired) electrons. The number of carboxylic acid groups (broad SMARTS) is 1. The molecule has 0 fully saturated rings. The largest absolute Gasteiger partial charge is 0.481 e. The first-order valence-corrected chi connectivity index (χ1v) is 9.26. The molecule has 2 unspecified atom stereocenters. The van der Waals surface area contributed by atoms with Gasteiger partial charge in [0.1, 0.15) is 0 Å². The van der Waals surface area contributed by atoms with Crippen molar-refractivity contribution in [2.24, 2.45) is 0 Å². The molecule has 1 aromatic carbocycles. The highest BCUT2D eigenvalue weighted by atomic mass is 16.4. The van der Waals surface area contributed by atoms with Gasteiger partial charge in [-0.2, -0.15) is 5.10 Å². The lowest BCUT2D eigenvalue weighted by atomic mass is 9.96. The zero-order valence-corrected chi connectivity index (χ0v) is 15.7. The Morgan fingerprint density at radius 1 is 1.19 bits per heavy atom. The Balaban J connectivity index is 1.64. The number of hydrogen-bond acceptors (Lipinski definition) is 3. The van der Waals surface area contributed by atoms with Crippen LogP contribution in [0.1, 0.15) is 48.6 Å². The number of hydrogen-bond donors (Lipinski definition) is 2. The Kier molecular flexibility index (Phi) is 5.74. The summed E-state index contributed by atoms with van der Waals surface area (Å²) in [4.78, 5) is 22.5. The quantitative estimate of drug-likeness (QED) is 0.736. The molecule has 2 aromatic rings. The van der Waals surface area contributed by atoms with Crippen LogP contribution in [0, 0.1) is 13.8 Å². The van der Waals surface area contributed by atoms with Crippen LogP contribution in [0.2, 0.25) is 0 Å². The third-order valence-corrected chi connectivity index (χ3v) is 4.94. The predicted octanol–water partition coefficient (Wildman–Crippen LogP) is 3.27. The number of carboxylic acids is 1. The van der Waals surface area contributed by atoms with Crippen LogP contribution in [0.4, 0.5) is 0 Å². The van der Waals surface area contributed by atoms with Crippen molar-refractivity contribution in [1.82, 2.24) is 15.1 Å². The molecule has 6 heteroatoms. The van der Waals surface area contributed by atoms with Crippen molar-refractivity contribution in [3.05, 3.63) is 59.4 Å². The van der Waals surface area contributed by atoms with Crippen molar-refractivity contribution in [3.63, 3.8) is 0 Å². The van der Waals surface area contributed by atoms with Crippen LogP contribution in [0.25, 0.3) is 5.69 Å². The standard InChI is InChI=1S/C21H25N3O3/c1-14-21(15(2)24(23-14)18-7-4-3-5-8-18)16-11-12-17(13-16)22-19(25)9-6-10-20(26)27/h3-5,7-8,11-12,16-17H,6,9-10,13H2,1-2H3,(H,22,25)(H,26,27). The Labute approximate surface area is 158 Å². The molecule has 1 aliphatic carbocycles. The minimum absolute atomic E-state index is 0.0214. The van der Waals surface area contributed by atoms with Gasteiger partial charge in [-0.15, -0.1) is 0 Å². The number of benzene rings is 1. The van der Waals surface area contributed by atoms with Crippen molar-refractivity contribution >= 4 is 11.9 Å². The summed E-state index contributed by atoms with van der Waals surface area (Å²) in [5, 5.41) is 16.3. The molecule has 0 bridgehead atoms. The highest BCUT2D eigenvalue weighted by Gasteiger charge is 2.26. The lowest BCUT2D eigenvalue weighted by Gasteiger charge is -2.15. The summed E-state index contributed by atoms with van der Waals surface area (Å²) >= 11 is 0. The third kappa shape index (κ3) is 4.45. The van der Waals surface area contributed by atoms with Crippen molar-refractivity contribution in [3.8, 4) is 5.69 Å². The Bertz CT molecular complexity index is 855. The van der Waals surface area contributed by atoms with E-state index in [0.717, 1.165) is 23.5 Å². The van der Waals surface area contributed by atoms with E-state index in [2.05, 4.69) is 18.3 Å². The average Bonchev–Trinajstić information content (AvgIpc) is 3.19. The van der Waals surface area contributed by atoms with Crippen LogP contribution in [-0.2, 0) is 9.59 Å². The molecule has 1 heterocycles. The molecule has 1 amide bonds. The van der Waals surface area contributed by atoms with E-state index in [4.69, 9.17) is 10.2 Å². The predicted molar refractivity (Wildman–Crippen MR) is 103 cm³/mol. The van der Waals surface area contributed by atoms with E-state index in [9.17, 15) is 9.59 Å². The lowest BCUT2D eigenvalue weighted by Crippen LogP contribution is -2.32. The second kappa shape index (κ2) is 8.20. The first-order chi connectivity index (χ1) is 13.0. The molecule has 2 N–H and O–H groups in total. The van der Waals surface area contributed by atoms with Gasteiger partial charge in [-0.25, -0.2) is 4.68 Å². The van der Waals surface area contributed by atoms with Crippen molar-refractivity contribution in [1.29, 1.82) is 0 Å². The molecule has 0 saturated carbocycles. The zero-order chi connectivity index (χ0) is 19.4. The van der Waals surface area contributed by atoms with E-state index in [0.29, 0.717) is 6.42 Å². The maximum atomic E-state index is 12.0. The average molecular weight is 367 g/mol. The van der Waals surface area contributed by atoms with Gasteiger partial charge in [0.25, 0.3) is 0 Å². The fourth-order valence-electron chi connectivity index (χ4n) is 3.71. The molecule has 6 nitrogen and oxygen atoms in total. The number of aryl methyl sites for hydroxylation is 1. The fraction of sp³-hybridized carbons (Fsp3) is 0.381. The van der Waals surface area contributed by atoms with Crippen molar-refractivity contribution < 1.29 is 14.7 Å². The Hall–Kier alpha value is -2.89. The van der Waals surface area contributed by atoms with Crippen LogP contribution < -0.4 is 5.32 Å². The molecule has 3 rings (SSSR count). The van der Waals surface area contributed by atoms with Gasteiger partial charge in [-0.1, -0.05) is 30.4 Å². The van der Waals surface area contributed by atoms with Gasteiger partial charge in [0.2, 0.25) is 5.91 Å². The smallest absolute Gasteiger partial charge is 0.303 e. The number of amides is 1. The molecule has 142 valence electrons. The number of nitrogens with one attached hydrogen (secondary N) is 1. The molecular weight excluding hydrogens is 342 g/mol. The maximum absolute atomic E-state index is 12.0. The summed E-state index contributed by atoms with van der Waals surface area (Å²) in [6.45, 7) is 4.10. The van der Waals surface area contributed by atoms with Crippen LogP contribution >= 0.6 is 0 Å². The molecule has 0 aliphatic heterocycles. The number of allylic oxidation sites excluding steroid dienone is 1. The van der Waals surface area contributed by atoms with Gasteiger partial charge < -0.3 is 10.4 Å². The van der Waals surface area contributed by atoms with Gasteiger partial charge in [0.05, 0.1) is 11.4 Å². The number of aliphatic carboxylic acids is 1. The van der Waals surface area contributed by atoms with Crippen molar-refractivity contribution in [2.45, 2.75) is 51.5 Å². The van der Waals surface area contributed by atoms with E-state index in [1.54, 1.807) is 0 Å². The number of rotatable bonds is 7. The summed E-state index contributed by atoms with van der Waals surface area (Å²) < 4.78 is 1.97. The summed E-state index contributed by atoms with van der Waals surface area (Å²) in [6.07, 6.45) is 5.59. The molecule has 0 spiro atoms. The number of para-hydroxylation sites is 1. The third-order valence-electron chi connectivity index (χ3n) is 4.94.